The van der Waals surface area contributed by atoms with E-state index in [1.807, 2.05) is 53.2 Å². The number of carbonyl (C=O) groups excluding carboxylic acids is 2. The number of fused-ring (bicyclic) bond motifs is 2. The van der Waals surface area contributed by atoms with Crippen LogP contribution in [-0.4, -0.2) is 46.6 Å². The van der Waals surface area contributed by atoms with E-state index in [0.717, 1.165) is 29.4 Å². The maximum Gasteiger partial charge on any atom is 0.267 e. The molecule has 0 spiro atoms. The minimum absolute atomic E-state index is 0.00965. The van der Waals surface area contributed by atoms with Crippen LogP contribution in [0, 0.1) is 5.92 Å². The lowest BCUT2D eigenvalue weighted by atomic mass is 10.1. The summed E-state index contributed by atoms with van der Waals surface area (Å²) in [5.41, 5.74) is 8.99. The zero-order valence-electron chi connectivity index (χ0n) is 19.6. The van der Waals surface area contributed by atoms with E-state index in [1.165, 1.54) is 6.33 Å². The minimum Gasteiger partial charge on any atom is -0.495 e. The van der Waals surface area contributed by atoms with Gasteiger partial charge in [0.2, 0.25) is 11.8 Å². The zero-order chi connectivity index (χ0) is 24.8. The largest absolute Gasteiger partial charge is 0.495 e. The fourth-order valence-corrected chi connectivity index (χ4v) is 4.54. The second-order valence-electron chi connectivity index (χ2n) is 8.80. The number of nitrogens with two attached hydrogens (primary N) is 1. The number of rotatable bonds is 5. The third kappa shape index (κ3) is 3.67. The Bertz CT molecular complexity index is 1510. The number of ether oxygens (including phenoxy) is 2. The van der Waals surface area contributed by atoms with Crippen molar-refractivity contribution in [2.75, 3.05) is 36.2 Å². The summed E-state index contributed by atoms with van der Waals surface area (Å²) in [4.78, 5) is 36.0. The molecule has 6 rings (SSSR count). The van der Waals surface area contributed by atoms with Gasteiger partial charge in [0.25, 0.3) is 5.91 Å². The van der Waals surface area contributed by atoms with E-state index in [2.05, 4.69) is 15.3 Å². The van der Waals surface area contributed by atoms with E-state index in [4.69, 9.17) is 15.2 Å². The van der Waals surface area contributed by atoms with Crippen LogP contribution >= 0.6 is 0 Å². The summed E-state index contributed by atoms with van der Waals surface area (Å²) in [6.45, 7) is 0.516. The Balaban J connectivity index is 1.50. The molecule has 2 amide bonds. The van der Waals surface area contributed by atoms with Gasteiger partial charge in [0, 0.05) is 23.2 Å². The monoisotopic (exact) mass is 484 g/mol. The SMILES string of the molecule is COc1ccccc1-n1ccc2cc(N3CCOc4ncnc(N)c4C3=O)cc(NC(=O)C3CC3)c21. The molecule has 3 N–H and O–H groups in total. The maximum atomic E-state index is 13.5. The second kappa shape index (κ2) is 8.56. The molecular formula is C26H24N6O4. The standard InChI is InChI=1S/C26H24N6O4/c1-35-20-5-3-2-4-19(20)32-9-8-16-12-17(13-18(22(16)32)30-24(33)15-6-7-15)31-10-11-36-25-21(26(31)34)23(27)28-14-29-25/h2-5,8-9,12-15H,6-7,10-11H2,1H3,(H,30,33)(H2,27,28,29). The smallest absolute Gasteiger partial charge is 0.267 e. The maximum absolute atomic E-state index is 13.5. The number of amides is 2. The molecule has 2 aromatic carbocycles. The number of hydrogen-bond acceptors (Lipinski definition) is 7. The Morgan fingerprint density at radius 2 is 2.03 bits per heavy atom. The lowest BCUT2D eigenvalue weighted by Gasteiger charge is -2.22. The van der Waals surface area contributed by atoms with E-state index in [-0.39, 0.29) is 48.1 Å². The first kappa shape index (κ1) is 21.9. The summed E-state index contributed by atoms with van der Waals surface area (Å²) in [6.07, 6.45) is 4.95. The number of methoxy groups -OCH3 is 1. The van der Waals surface area contributed by atoms with Gasteiger partial charge in [-0.25, -0.2) is 9.97 Å². The number of hydrogen-bond donors (Lipinski definition) is 2. The highest BCUT2D eigenvalue weighted by Gasteiger charge is 2.32. The van der Waals surface area contributed by atoms with E-state index in [9.17, 15) is 9.59 Å². The molecule has 10 nitrogen and oxygen atoms in total. The molecule has 0 saturated heterocycles. The number of nitrogens with zero attached hydrogens (tertiary/aromatic N) is 4. The van der Waals surface area contributed by atoms with Gasteiger partial charge in [-0.3, -0.25) is 9.59 Å². The van der Waals surface area contributed by atoms with Crippen LogP contribution in [0.2, 0.25) is 0 Å². The number of nitrogens with one attached hydrogen (secondary N) is 1. The van der Waals surface area contributed by atoms with Gasteiger partial charge in [0.1, 0.15) is 30.1 Å². The Morgan fingerprint density at radius 3 is 2.83 bits per heavy atom. The number of aromatic nitrogens is 3. The predicted octanol–water partition coefficient (Wildman–Crippen LogP) is 3.40. The van der Waals surface area contributed by atoms with E-state index >= 15 is 0 Å². The Hall–Kier alpha value is -4.60. The van der Waals surface area contributed by atoms with Crippen molar-refractivity contribution in [2.24, 2.45) is 5.92 Å². The van der Waals surface area contributed by atoms with Crippen molar-refractivity contribution in [3.8, 4) is 17.3 Å². The first-order chi connectivity index (χ1) is 17.5. The first-order valence-electron chi connectivity index (χ1n) is 11.7. The van der Waals surface area contributed by atoms with Gasteiger partial charge in [0.15, 0.2) is 0 Å². The fraction of sp³-hybridized carbons (Fsp3) is 0.231. The number of para-hydroxylation sites is 2. The Morgan fingerprint density at radius 1 is 1.19 bits per heavy atom. The van der Waals surface area contributed by atoms with Crippen LogP contribution in [0.4, 0.5) is 17.2 Å². The summed E-state index contributed by atoms with van der Waals surface area (Å²) in [6, 6.07) is 13.4. The normalized spacial score (nSPS) is 15.2. The molecular weight excluding hydrogens is 460 g/mol. The second-order valence-corrected chi connectivity index (χ2v) is 8.80. The summed E-state index contributed by atoms with van der Waals surface area (Å²) < 4.78 is 13.2. The van der Waals surface area contributed by atoms with E-state index in [1.54, 1.807) is 12.0 Å². The summed E-state index contributed by atoms with van der Waals surface area (Å²) >= 11 is 0. The number of benzene rings is 2. The summed E-state index contributed by atoms with van der Waals surface area (Å²) in [5.74, 6) is 0.544. The van der Waals surface area contributed by atoms with Crippen molar-refractivity contribution in [3.05, 3.63) is 60.6 Å². The Labute approximate surface area is 206 Å². The molecule has 0 unspecified atom stereocenters. The highest BCUT2D eigenvalue weighted by molar-refractivity contribution is 6.13. The molecule has 2 aromatic heterocycles. The van der Waals surface area contributed by atoms with Crippen LogP contribution in [-0.2, 0) is 4.79 Å². The van der Waals surface area contributed by atoms with Crippen molar-refractivity contribution in [1.29, 1.82) is 0 Å². The first-order valence-corrected chi connectivity index (χ1v) is 11.7. The quantitative estimate of drug-likeness (QED) is 0.445. The van der Waals surface area contributed by atoms with Crippen molar-refractivity contribution < 1.29 is 19.1 Å². The molecule has 1 aliphatic heterocycles. The molecule has 0 atom stereocenters. The van der Waals surface area contributed by atoms with Gasteiger partial charge in [-0.05, 0) is 43.2 Å². The molecule has 182 valence electrons. The topological polar surface area (TPSA) is 125 Å². The number of nitrogen functional groups attached to an aromatic ring is 1. The van der Waals surface area contributed by atoms with Crippen LogP contribution in [0.1, 0.15) is 23.2 Å². The third-order valence-electron chi connectivity index (χ3n) is 6.49. The van der Waals surface area contributed by atoms with Crippen molar-refractivity contribution in [2.45, 2.75) is 12.8 Å². The highest BCUT2D eigenvalue weighted by atomic mass is 16.5. The molecule has 2 aliphatic rings. The van der Waals surface area contributed by atoms with Crippen LogP contribution in [0.15, 0.2) is 55.0 Å². The van der Waals surface area contributed by atoms with Crippen LogP contribution in [0.25, 0.3) is 16.6 Å². The molecule has 1 aliphatic carbocycles. The highest BCUT2D eigenvalue weighted by Crippen LogP contribution is 2.38. The molecule has 0 radical (unpaired) electrons. The molecule has 0 bridgehead atoms. The van der Waals surface area contributed by atoms with E-state index in [0.29, 0.717) is 17.1 Å². The van der Waals surface area contributed by atoms with Crippen molar-refractivity contribution >= 4 is 39.9 Å². The summed E-state index contributed by atoms with van der Waals surface area (Å²) in [5, 5.41) is 3.95. The minimum atomic E-state index is -0.358. The van der Waals surface area contributed by atoms with Crippen LogP contribution < -0.4 is 25.4 Å². The number of carbonyl (C=O) groups is 2. The molecule has 1 fully saturated rings. The van der Waals surface area contributed by atoms with Crippen molar-refractivity contribution in [3.63, 3.8) is 0 Å². The average Bonchev–Trinajstić information content (AvgIpc) is 3.67. The van der Waals surface area contributed by atoms with Gasteiger partial charge in [0.05, 0.1) is 30.5 Å². The third-order valence-corrected chi connectivity index (χ3v) is 6.49. The lowest BCUT2D eigenvalue weighted by Crippen LogP contribution is -2.33. The van der Waals surface area contributed by atoms with E-state index < -0.39 is 0 Å². The van der Waals surface area contributed by atoms with Gasteiger partial charge in [-0.15, -0.1) is 0 Å². The average molecular weight is 485 g/mol. The molecule has 4 aromatic rings. The predicted molar refractivity (Wildman–Crippen MR) is 135 cm³/mol. The molecule has 1 saturated carbocycles. The summed E-state index contributed by atoms with van der Waals surface area (Å²) in [7, 11) is 1.62. The van der Waals surface area contributed by atoms with Gasteiger partial charge >= 0.3 is 0 Å². The van der Waals surface area contributed by atoms with Gasteiger partial charge in [-0.2, -0.15) is 0 Å². The van der Waals surface area contributed by atoms with Crippen LogP contribution in [0.5, 0.6) is 11.6 Å². The lowest BCUT2D eigenvalue weighted by molar-refractivity contribution is -0.117. The van der Waals surface area contributed by atoms with Gasteiger partial charge < -0.3 is 30.0 Å². The Kier molecular flexibility index (Phi) is 5.21. The molecule has 3 heterocycles. The number of anilines is 3. The van der Waals surface area contributed by atoms with Crippen LogP contribution in [0.3, 0.4) is 0 Å². The molecule has 36 heavy (non-hydrogen) atoms. The fourth-order valence-electron chi connectivity index (χ4n) is 4.54. The molecule has 10 heteroatoms. The zero-order valence-corrected chi connectivity index (χ0v) is 19.6. The van der Waals surface area contributed by atoms with Gasteiger partial charge in [-0.1, -0.05) is 12.1 Å². The van der Waals surface area contributed by atoms with Crippen molar-refractivity contribution in [1.82, 2.24) is 14.5 Å².